The monoisotopic (exact) mass is 271 g/mol. The van der Waals surface area contributed by atoms with Crippen LogP contribution in [0.25, 0.3) is 10.8 Å². The van der Waals surface area contributed by atoms with E-state index in [4.69, 9.17) is 4.74 Å². The molecule has 2 aromatic rings. The van der Waals surface area contributed by atoms with E-state index in [9.17, 15) is 9.59 Å². The molecule has 0 aromatic heterocycles. The molecule has 4 nitrogen and oxygen atoms in total. The van der Waals surface area contributed by atoms with Gasteiger partial charge in [-0.1, -0.05) is 30.3 Å². The number of benzene rings is 2. The zero-order valence-corrected chi connectivity index (χ0v) is 11.6. The average molecular weight is 271 g/mol. The number of carbonyl (C=O) groups excluding carboxylic acids is 2. The first-order valence-corrected chi connectivity index (χ1v) is 6.51. The minimum absolute atomic E-state index is 0.0660. The second kappa shape index (κ2) is 6.19. The summed E-state index contributed by atoms with van der Waals surface area (Å²) in [5, 5.41) is 1.80. The zero-order valence-electron chi connectivity index (χ0n) is 11.6. The molecule has 0 saturated heterocycles. The summed E-state index contributed by atoms with van der Waals surface area (Å²) in [6.45, 7) is 2.45. The Bertz CT molecular complexity index is 637. The van der Waals surface area contributed by atoms with Crippen molar-refractivity contribution in [3.05, 3.63) is 42.0 Å². The SMILES string of the molecule is CCN(C)C(=O)COc1ccc2ccccc2c1C=O. The third kappa shape index (κ3) is 2.79. The highest BCUT2D eigenvalue weighted by Crippen LogP contribution is 2.26. The molecule has 20 heavy (non-hydrogen) atoms. The van der Waals surface area contributed by atoms with Crippen LogP contribution in [-0.4, -0.2) is 37.3 Å². The summed E-state index contributed by atoms with van der Waals surface area (Å²) >= 11 is 0. The number of ether oxygens (including phenoxy) is 1. The van der Waals surface area contributed by atoms with E-state index in [1.807, 2.05) is 37.3 Å². The van der Waals surface area contributed by atoms with Gasteiger partial charge in [0.05, 0.1) is 5.56 Å². The van der Waals surface area contributed by atoms with Gasteiger partial charge in [-0.15, -0.1) is 0 Å². The normalized spacial score (nSPS) is 10.3. The number of aldehydes is 1. The molecule has 0 aliphatic heterocycles. The number of hydrogen-bond acceptors (Lipinski definition) is 3. The second-order valence-corrected chi connectivity index (χ2v) is 4.51. The smallest absolute Gasteiger partial charge is 0.260 e. The van der Waals surface area contributed by atoms with Crippen molar-refractivity contribution in [1.29, 1.82) is 0 Å². The molecule has 1 amide bonds. The van der Waals surface area contributed by atoms with Crippen LogP contribution in [0.2, 0.25) is 0 Å². The van der Waals surface area contributed by atoms with Gasteiger partial charge in [0.25, 0.3) is 5.91 Å². The van der Waals surface area contributed by atoms with E-state index in [1.165, 1.54) is 0 Å². The van der Waals surface area contributed by atoms with Crippen molar-refractivity contribution in [1.82, 2.24) is 4.90 Å². The van der Waals surface area contributed by atoms with E-state index in [0.717, 1.165) is 17.1 Å². The van der Waals surface area contributed by atoms with Gasteiger partial charge in [0, 0.05) is 13.6 Å². The number of likely N-dealkylation sites (N-methyl/N-ethyl adjacent to an activating group) is 1. The summed E-state index contributed by atoms with van der Waals surface area (Å²) in [6.07, 6.45) is 0.770. The van der Waals surface area contributed by atoms with E-state index in [2.05, 4.69) is 0 Å². The van der Waals surface area contributed by atoms with E-state index in [0.29, 0.717) is 17.9 Å². The Kier molecular flexibility index (Phi) is 4.35. The second-order valence-electron chi connectivity index (χ2n) is 4.51. The van der Waals surface area contributed by atoms with Gasteiger partial charge < -0.3 is 9.64 Å². The molecule has 0 aliphatic rings. The number of amides is 1. The summed E-state index contributed by atoms with van der Waals surface area (Å²) in [5.41, 5.74) is 0.482. The first-order chi connectivity index (χ1) is 9.67. The summed E-state index contributed by atoms with van der Waals surface area (Å²) in [6, 6.07) is 11.2. The Morgan fingerprint density at radius 1 is 1.25 bits per heavy atom. The Morgan fingerprint density at radius 3 is 2.70 bits per heavy atom. The average Bonchev–Trinajstić information content (AvgIpc) is 2.50. The maximum Gasteiger partial charge on any atom is 0.260 e. The molecule has 2 aromatic carbocycles. The van der Waals surface area contributed by atoms with E-state index in [1.54, 1.807) is 18.0 Å². The molecule has 0 spiro atoms. The van der Waals surface area contributed by atoms with Crippen LogP contribution in [0.5, 0.6) is 5.75 Å². The zero-order chi connectivity index (χ0) is 14.5. The van der Waals surface area contributed by atoms with E-state index in [-0.39, 0.29) is 12.5 Å². The van der Waals surface area contributed by atoms with Gasteiger partial charge >= 0.3 is 0 Å². The highest BCUT2D eigenvalue weighted by molar-refractivity contribution is 6.00. The predicted octanol–water partition coefficient (Wildman–Crippen LogP) is 2.51. The molecule has 0 heterocycles. The number of carbonyl (C=O) groups is 2. The quantitative estimate of drug-likeness (QED) is 0.785. The number of hydrogen-bond donors (Lipinski definition) is 0. The molecule has 0 atom stereocenters. The molecule has 2 rings (SSSR count). The lowest BCUT2D eigenvalue weighted by Gasteiger charge is -2.16. The number of nitrogens with zero attached hydrogens (tertiary/aromatic N) is 1. The van der Waals surface area contributed by atoms with Crippen LogP contribution < -0.4 is 4.74 Å². The summed E-state index contributed by atoms with van der Waals surface area (Å²) in [5.74, 6) is 0.328. The summed E-state index contributed by atoms with van der Waals surface area (Å²) in [7, 11) is 1.71. The summed E-state index contributed by atoms with van der Waals surface area (Å²) < 4.78 is 5.50. The molecule has 0 aliphatic carbocycles. The molecule has 0 bridgehead atoms. The minimum Gasteiger partial charge on any atom is -0.483 e. The molecule has 104 valence electrons. The molecular weight excluding hydrogens is 254 g/mol. The molecule has 0 saturated carbocycles. The van der Waals surface area contributed by atoms with Crippen LogP contribution in [0, 0.1) is 0 Å². The number of rotatable bonds is 5. The third-order valence-corrected chi connectivity index (χ3v) is 3.30. The topological polar surface area (TPSA) is 46.6 Å². The fourth-order valence-electron chi connectivity index (χ4n) is 1.95. The largest absolute Gasteiger partial charge is 0.483 e. The number of fused-ring (bicyclic) bond motifs is 1. The highest BCUT2D eigenvalue weighted by Gasteiger charge is 2.11. The van der Waals surface area contributed by atoms with E-state index >= 15 is 0 Å². The van der Waals surface area contributed by atoms with Gasteiger partial charge in [-0.3, -0.25) is 9.59 Å². The van der Waals surface area contributed by atoms with Crippen molar-refractivity contribution in [2.24, 2.45) is 0 Å². The van der Waals surface area contributed by atoms with Gasteiger partial charge in [-0.2, -0.15) is 0 Å². The lowest BCUT2D eigenvalue weighted by molar-refractivity contribution is -0.131. The molecule has 0 N–H and O–H groups in total. The lowest BCUT2D eigenvalue weighted by Crippen LogP contribution is -2.31. The van der Waals surface area contributed by atoms with Crippen molar-refractivity contribution >= 4 is 23.0 Å². The van der Waals surface area contributed by atoms with Crippen molar-refractivity contribution in [2.75, 3.05) is 20.2 Å². The van der Waals surface area contributed by atoms with Crippen LogP contribution in [0.3, 0.4) is 0 Å². The van der Waals surface area contributed by atoms with Gasteiger partial charge in [-0.25, -0.2) is 0 Å². The predicted molar refractivity (Wildman–Crippen MR) is 78.1 cm³/mol. The van der Waals surface area contributed by atoms with Crippen molar-refractivity contribution < 1.29 is 14.3 Å². The Balaban J connectivity index is 2.26. The third-order valence-electron chi connectivity index (χ3n) is 3.30. The summed E-state index contributed by atoms with van der Waals surface area (Å²) in [4.78, 5) is 24.6. The lowest BCUT2D eigenvalue weighted by atomic mass is 10.0. The van der Waals surface area contributed by atoms with Crippen LogP contribution in [0.1, 0.15) is 17.3 Å². The van der Waals surface area contributed by atoms with Gasteiger partial charge in [0.1, 0.15) is 5.75 Å². The fourth-order valence-corrected chi connectivity index (χ4v) is 1.95. The van der Waals surface area contributed by atoms with E-state index < -0.39 is 0 Å². The fraction of sp³-hybridized carbons (Fsp3) is 0.250. The van der Waals surface area contributed by atoms with Gasteiger partial charge in [0.2, 0.25) is 0 Å². The minimum atomic E-state index is -0.113. The molecule has 0 unspecified atom stereocenters. The van der Waals surface area contributed by atoms with Gasteiger partial charge in [0.15, 0.2) is 12.9 Å². The Morgan fingerprint density at radius 2 is 2.00 bits per heavy atom. The standard InChI is InChI=1S/C16H17NO3/c1-3-17(2)16(19)11-20-15-9-8-12-6-4-5-7-13(12)14(15)10-18/h4-10H,3,11H2,1-2H3. The van der Waals surface area contributed by atoms with Crippen molar-refractivity contribution in [3.63, 3.8) is 0 Å². The van der Waals surface area contributed by atoms with Crippen LogP contribution in [-0.2, 0) is 4.79 Å². The molecule has 0 fully saturated rings. The first-order valence-electron chi connectivity index (χ1n) is 6.51. The highest BCUT2D eigenvalue weighted by atomic mass is 16.5. The molecule has 0 radical (unpaired) electrons. The van der Waals surface area contributed by atoms with Crippen LogP contribution in [0.4, 0.5) is 0 Å². The van der Waals surface area contributed by atoms with Crippen molar-refractivity contribution in [3.8, 4) is 5.75 Å². The first kappa shape index (κ1) is 14.1. The molecule has 4 heteroatoms. The van der Waals surface area contributed by atoms with Crippen LogP contribution in [0.15, 0.2) is 36.4 Å². The van der Waals surface area contributed by atoms with Gasteiger partial charge in [-0.05, 0) is 23.8 Å². The van der Waals surface area contributed by atoms with Crippen LogP contribution >= 0.6 is 0 Å². The molecular formula is C16H17NO3. The maximum atomic E-state index is 11.7. The Labute approximate surface area is 117 Å². The maximum absolute atomic E-state index is 11.7. The van der Waals surface area contributed by atoms with Crippen molar-refractivity contribution in [2.45, 2.75) is 6.92 Å². The Hall–Kier alpha value is -2.36.